The van der Waals surface area contributed by atoms with Gasteiger partial charge in [0, 0.05) is 10.6 Å². The number of ether oxygens (including phenoxy) is 1. The van der Waals surface area contributed by atoms with Crippen LogP contribution in [-0.4, -0.2) is 15.7 Å². The molecule has 1 amide bonds. The van der Waals surface area contributed by atoms with E-state index in [-0.39, 0.29) is 5.91 Å². The Hall–Kier alpha value is -3.28. The van der Waals surface area contributed by atoms with E-state index < -0.39 is 0 Å². The first-order valence-corrected chi connectivity index (χ1v) is 11.6. The molecule has 0 unspecified atom stereocenters. The number of rotatable bonds is 7. The second-order valence-corrected chi connectivity index (χ2v) is 9.05. The van der Waals surface area contributed by atoms with E-state index >= 15 is 0 Å². The summed E-state index contributed by atoms with van der Waals surface area (Å²) in [6, 6.07) is 20.7. The van der Waals surface area contributed by atoms with Crippen molar-refractivity contribution in [2.75, 3.05) is 5.32 Å². The van der Waals surface area contributed by atoms with Crippen LogP contribution in [0.3, 0.4) is 0 Å². The minimum atomic E-state index is -0.186. The smallest absolute Gasteiger partial charge is 0.255 e. The molecule has 1 aromatic heterocycles. The molecule has 0 aliphatic heterocycles. The van der Waals surface area contributed by atoms with E-state index in [0.29, 0.717) is 34.5 Å². The summed E-state index contributed by atoms with van der Waals surface area (Å²) < 4.78 is 7.68. The van der Waals surface area contributed by atoms with Crippen LogP contribution >= 0.6 is 23.2 Å². The van der Waals surface area contributed by atoms with Crippen LogP contribution in [-0.2, 0) is 13.2 Å². The van der Waals surface area contributed by atoms with Crippen molar-refractivity contribution in [3.8, 4) is 5.75 Å². The molecule has 0 aliphatic carbocycles. The average Bonchev–Trinajstić information content (AvgIpc) is 3.07. The molecule has 0 saturated heterocycles. The molecule has 0 fully saturated rings. The number of aromatic nitrogens is 2. The fourth-order valence-corrected chi connectivity index (χ4v) is 4.05. The zero-order valence-electron chi connectivity index (χ0n) is 19.2. The monoisotopic (exact) mass is 493 g/mol. The molecule has 0 aliphatic rings. The Morgan fingerprint density at radius 1 is 0.941 bits per heavy atom. The summed E-state index contributed by atoms with van der Waals surface area (Å²) in [4.78, 5) is 12.9. The summed E-state index contributed by atoms with van der Waals surface area (Å²) >= 11 is 12.1. The minimum absolute atomic E-state index is 0.186. The third-order valence-corrected chi connectivity index (χ3v) is 6.11. The number of carbonyl (C=O) groups is 1. The van der Waals surface area contributed by atoms with Gasteiger partial charge in [0.15, 0.2) is 0 Å². The number of halogens is 2. The topological polar surface area (TPSA) is 56.2 Å². The molecular weight excluding hydrogens is 469 g/mol. The Bertz CT molecular complexity index is 1310. The summed E-state index contributed by atoms with van der Waals surface area (Å²) in [6.07, 6.45) is 0. The van der Waals surface area contributed by atoms with Gasteiger partial charge in [0.1, 0.15) is 12.4 Å². The fourth-order valence-electron chi connectivity index (χ4n) is 3.59. The third kappa shape index (κ3) is 5.61. The van der Waals surface area contributed by atoms with Crippen molar-refractivity contribution in [1.29, 1.82) is 0 Å². The van der Waals surface area contributed by atoms with E-state index in [9.17, 15) is 4.79 Å². The molecule has 0 spiro atoms. The molecule has 3 aromatic carbocycles. The molecule has 1 N–H and O–H groups in total. The molecule has 7 heteroatoms. The van der Waals surface area contributed by atoms with Crippen molar-refractivity contribution in [1.82, 2.24) is 9.78 Å². The lowest BCUT2D eigenvalue weighted by Crippen LogP contribution is -2.13. The first-order chi connectivity index (χ1) is 16.3. The predicted molar refractivity (Wildman–Crippen MR) is 137 cm³/mol. The van der Waals surface area contributed by atoms with Crippen molar-refractivity contribution in [2.45, 2.75) is 33.9 Å². The van der Waals surface area contributed by atoms with Crippen LogP contribution < -0.4 is 10.1 Å². The molecule has 4 aromatic rings. The fraction of sp³-hybridized carbons (Fsp3) is 0.185. The zero-order chi connectivity index (χ0) is 24.2. The molecular formula is C27H25Cl2N3O2. The highest BCUT2D eigenvalue weighted by Gasteiger charge is 2.16. The Labute approximate surface area is 209 Å². The standard InChI is InChI=1S/C27H25Cl2N3O2/c1-17-4-6-20(7-5-17)15-32-19(3)26(18(2)31-32)30-27(33)22-10-8-21(9-11-22)16-34-25-13-12-23(28)14-24(25)29/h4-14H,15-16H2,1-3H3,(H,30,33). The summed E-state index contributed by atoms with van der Waals surface area (Å²) in [7, 11) is 0. The van der Waals surface area contributed by atoms with Gasteiger partial charge in [0.2, 0.25) is 0 Å². The zero-order valence-corrected chi connectivity index (χ0v) is 20.7. The van der Waals surface area contributed by atoms with E-state index in [2.05, 4.69) is 41.6 Å². The Morgan fingerprint density at radius 2 is 1.62 bits per heavy atom. The highest BCUT2D eigenvalue weighted by molar-refractivity contribution is 6.35. The van der Waals surface area contributed by atoms with Crippen LogP contribution in [0.25, 0.3) is 0 Å². The van der Waals surface area contributed by atoms with Crippen molar-refractivity contribution in [3.63, 3.8) is 0 Å². The average molecular weight is 494 g/mol. The van der Waals surface area contributed by atoms with E-state index in [0.717, 1.165) is 28.2 Å². The summed E-state index contributed by atoms with van der Waals surface area (Å²) in [5, 5.41) is 8.65. The van der Waals surface area contributed by atoms with Crippen LogP contribution in [0.15, 0.2) is 66.7 Å². The van der Waals surface area contributed by atoms with Crippen LogP contribution in [0.2, 0.25) is 10.0 Å². The number of nitrogens with zero attached hydrogens (tertiary/aromatic N) is 2. The number of nitrogens with one attached hydrogen (secondary N) is 1. The minimum Gasteiger partial charge on any atom is -0.487 e. The SMILES string of the molecule is Cc1ccc(Cn2nc(C)c(NC(=O)c3ccc(COc4ccc(Cl)cc4Cl)cc3)c2C)cc1. The number of carbonyl (C=O) groups excluding carboxylic acids is 1. The largest absolute Gasteiger partial charge is 0.487 e. The number of amides is 1. The van der Waals surface area contributed by atoms with E-state index in [1.807, 2.05) is 30.7 Å². The van der Waals surface area contributed by atoms with Crippen molar-refractivity contribution in [3.05, 3.63) is 110 Å². The molecule has 0 radical (unpaired) electrons. The van der Waals surface area contributed by atoms with Gasteiger partial charge < -0.3 is 10.1 Å². The van der Waals surface area contributed by atoms with Gasteiger partial charge in [-0.1, -0.05) is 65.2 Å². The van der Waals surface area contributed by atoms with E-state index in [1.54, 1.807) is 30.3 Å². The van der Waals surface area contributed by atoms with Crippen molar-refractivity contribution < 1.29 is 9.53 Å². The summed E-state index contributed by atoms with van der Waals surface area (Å²) in [6.45, 7) is 6.90. The quantitative estimate of drug-likeness (QED) is 0.301. The molecule has 1 heterocycles. The van der Waals surface area contributed by atoms with Gasteiger partial charge in [-0.05, 0) is 62.2 Å². The lowest BCUT2D eigenvalue weighted by atomic mass is 10.1. The van der Waals surface area contributed by atoms with E-state index in [4.69, 9.17) is 27.9 Å². The molecule has 0 bridgehead atoms. The maximum Gasteiger partial charge on any atom is 0.255 e. The predicted octanol–water partition coefficient (Wildman–Crippen LogP) is 6.99. The summed E-state index contributed by atoms with van der Waals surface area (Å²) in [5.41, 5.74) is 6.28. The molecule has 0 atom stereocenters. The van der Waals surface area contributed by atoms with E-state index in [1.165, 1.54) is 5.56 Å². The van der Waals surface area contributed by atoms with Gasteiger partial charge >= 0.3 is 0 Å². The number of hydrogen-bond acceptors (Lipinski definition) is 3. The number of benzene rings is 3. The summed E-state index contributed by atoms with van der Waals surface area (Å²) in [5.74, 6) is 0.371. The van der Waals surface area contributed by atoms with Crippen LogP contribution in [0.4, 0.5) is 5.69 Å². The molecule has 4 rings (SSSR count). The lowest BCUT2D eigenvalue weighted by molar-refractivity contribution is 0.102. The van der Waals surface area contributed by atoms with Gasteiger partial charge in [-0.15, -0.1) is 0 Å². The Balaban J connectivity index is 1.40. The van der Waals surface area contributed by atoms with Gasteiger partial charge in [0.05, 0.1) is 28.6 Å². The number of aryl methyl sites for hydroxylation is 2. The first kappa shape index (κ1) is 23.9. The maximum atomic E-state index is 12.9. The Morgan fingerprint density at radius 3 is 2.29 bits per heavy atom. The van der Waals surface area contributed by atoms with Crippen LogP contribution in [0.5, 0.6) is 5.75 Å². The highest BCUT2D eigenvalue weighted by Crippen LogP contribution is 2.28. The first-order valence-electron chi connectivity index (χ1n) is 10.9. The molecule has 0 saturated carbocycles. The molecule has 174 valence electrons. The second kappa shape index (κ2) is 10.3. The van der Waals surface area contributed by atoms with Crippen molar-refractivity contribution >= 4 is 34.8 Å². The van der Waals surface area contributed by atoms with Crippen molar-refractivity contribution in [2.24, 2.45) is 0 Å². The maximum absolute atomic E-state index is 12.9. The van der Waals surface area contributed by atoms with Gasteiger partial charge in [-0.3, -0.25) is 9.48 Å². The normalized spacial score (nSPS) is 10.9. The third-order valence-electron chi connectivity index (χ3n) is 5.58. The number of hydrogen-bond donors (Lipinski definition) is 1. The number of anilines is 1. The van der Waals surface area contributed by atoms with Gasteiger partial charge in [-0.2, -0.15) is 5.10 Å². The molecule has 34 heavy (non-hydrogen) atoms. The second-order valence-electron chi connectivity index (χ2n) is 8.20. The van der Waals surface area contributed by atoms with Gasteiger partial charge in [-0.25, -0.2) is 0 Å². The lowest BCUT2D eigenvalue weighted by Gasteiger charge is -2.10. The van der Waals surface area contributed by atoms with Crippen LogP contribution in [0.1, 0.15) is 38.4 Å². The molecule has 5 nitrogen and oxygen atoms in total. The Kier molecular flexibility index (Phi) is 7.25. The van der Waals surface area contributed by atoms with Gasteiger partial charge in [0.25, 0.3) is 5.91 Å². The van der Waals surface area contributed by atoms with Crippen LogP contribution in [0, 0.1) is 20.8 Å². The highest BCUT2D eigenvalue weighted by atomic mass is 35.5.